The maximum Gasteiger partial charge on any atom is 0.0659 e. The maximum atomic E-state index is 4.59. The van der Waals surface area contributed by atoms with E-state index < -0.39 is 0 Å². The van der Waals surface area contributed by atoms with Crippen molar-refractivity contribution < 1.29 is 0 Å². The van der Waals surface area contributed by atoms with E-state index >= 15 is 0 Å². The van der Waals surface area contributed by atoms with Crippen LogP contribution in [0.4, 0.5) is 0 Å². The van der Waals surface area contributed by atoms with Crippen LogP contribution in [0.3, 0.4) is 0 Å². The van der Waals surface area contributed by atoms with Gasteiger partial charge in [0.15, 0.2) is 0 Å². The minimum Gasteiger partial charge on any atom is -0.249 e. The largest absolute Gasteiger partial charge is 0.249 e. The van der Waals surface area contributed by atoms with Gasteiger partial charge >= 0.3 is 0 Å². The smallest absolute Gasteiger partial charge is 0.0659 e. The number of aliphatic imine (C=N–C) groups is 4. The van der Waals surface area contributed by atoms with Gasteiger partial charge in [-0.15, -0.1) is 0 Å². The SMILES string of the molecule is C1=CC2=NC1=CC1=NC(=CC3=NC(=CC4=NC(=C2)C=C4)C=C3)C=C1.c1cc2cccc3c4cccc5cccc(c(c1)c23)c54. The van der Waals surface area contributed by atoms with E-state index in [-0.39, 0.29) is 0 Å². The van der Waals surface area contributed by atoms with Gasteiger partial charge in [-0.2, -0.15) is 0 Å². The van der Waals surface area contributed by atoms with E-state index in [0.717, 1.165) is 45.6 Å². The second kappa shape index (κ2) is 9.79. The first-order chi connectivity index (χ1) is 21.7. The monoisotopic (exact) mass is 560 g/mol. The Hall–Kier alpha value is -6.00. The highest BCUT2D eigenvalue weighted by atomic mass is 14.8. The Morgan fingerprint density at radius 1 is 0.295 bits per heavy atom. The van der Waals surface area contributed by atoms with E-state index in [9.17, 15) is 0 Å². The van der Waals surface area contributed by atoms with Crippen molar-refractivity contribution in [2.24, 2.45) is 20.0 Å². The highest BCUT2D eigenvalue weighted by Crippen LogP contribution is 2.39. The standard InChI is InChI=1S/C20H12N4.C20H12/c1-2-14-10-16-5-6-18(23-16)12-20-8-7-19(24-20)11-17-4-3-15(22-17)9-13(1)21-14;1-5-13-6-2-11-17-18-12-4-8-14-7-3-10-16(20(14)18)15(9-1)19(13)17/h1-12H;1-12H. The molecule has 204 valence electrons. The summed E-state index contributed by atoms with van der Waals surface area (Å²) in [6.07, 6.45) is 23.8. The molecular weight excluding hydrogens is 536 g/mol. The van der Waals surface area contributed by atoms with Crippen LogP contribution in [0.2, 0.25) is 0 Å². The molecular formula is C40H24N4. The lowest BCUT2D eigenvalue weighted by molar-refractivity contribution is 1.41. The fourth-order valence-corrected chi connectivity index (χ4v) is 6.41. The van der Waals surface area contributed by atoms with Crippen LogP contribution in [0, 0.1) is 0 Å². The molecule has 44 heavy (non-hydrogen) atoms. The van der Waals surface area contributed by atoms with Gasteiger partial charge < -0.3 is 0 Å². The van der Waals surface area contributed by atoms with E-state index in [0.29, 0.717) is 0 Å². The predicted octanol–water partition coefficient (Wildman–Crippen LogP) is 9.32. The second-order valence-electron chi connectivity index (χ2n) is 11.2. The van der Waals surface area contributed by atoms with Crippen LogP contribution in [0.5, 0.6) is 0 Å². The fourth-order valence-electron chi connectivity index (χ4n) is 6.41. The molecule has 4 nitrogen and oxygen atoms in total. The number of fused-ring (bicyclic) bond motifs is 6. The Morgan fingerprint density at radius 2 is 0.568 bits per heavy atom. The van der Waals surface area contributed by atoms with Crippen molar-refractivity contribution in [3.63, 3.8) is 0 Å². The molecule has 5 aromatic carbocycles. The van der Waals surface area contributed by atoms with Crippen molar-refractivity contribution in [1.29, 1.82) is 0 Å². The summed E-state index contributed by atoms with van der Waals surface area (Å²) in [5.41, 5.74) is 7.15. The van der Waals surface area contributed by atoms with Crippen molar-refractivity contribution in [3.8, 4) is 0 Å². The first-order valence-electron chi connectivity index (χ1n) is 14.7. The molecule has 5 heterocycles. The van der Waals surface area contributed by atoms with E-state index in [1.807, 2.05) is 72.9 Å². The summed E-state index contributed by atoms with van der Waals surface area (Å²) >= 11 is 0. The van der Waals surface area contributed by atoms with E-state index in [2.05, 4.69) is 92.8 Å². The lowest BCUT2D eigenvalue weighted by atomic mass is 9.90. The van der Waals surface area contributed by atoms with Crippen LogP contribution in [-0.4, -0.2) is 22.8 Å². The van der Waals surface area contributed by atoms with Gasteiger partial charge in [0.25, 0.3) is 0 Å². The highest BCUT2D eigenvalue weighted by Gasteiger charge is 2.13. The summed E-state index contributed by atoms with van der Waals surface area (Å²) in [5.74, 6) is 0. The molecule has 0 radical (unpaired) electrons. The van der Waals surface area contributed by atoms with Gasteiger partial charge in [-0.1, -0.05) is 72.8 Å². The van der Waals surface area contributed by atoms with Gasteiger partial charge in [-0.25, -0.2) is 20.0 Å². The van der Waals surface area contributed by atoms with Crippen LogP contribution in [0.15, 0.2) is 188 Å². The summed E-state index contributed by atoms with van der Waals surface area (Å²) in [5, 5.41) is 10.9. The van der Waals surface area contributed by atoms with Gasteiger partial charge in [0.1, 0.15) is 0 Å². The third-order valence-corrected chi connectivity index (χ3v) is 8.31. The maximum absolute atomic E-state index is 4.59. The summed E-state index contributed by atoms with van der Waals surface area (Å²) < 4.78 is 0. The van der Waals surface area contributed by atoms with Crippen LogP contribution in [0.25, 0.3) is 43.1 Å². The van der Waals surface area contributed by atoms with Gasteiger partial charge in [0, 0.05) is 0 Å². The minimum absolute atomic E-state index is 0.894. The van der Waals surface area contributed by atoms with Gasteiger partial charge in [0.05, 0.1) is 45.6 Å². The van der Waals surface area contributed by atoms with Crippen molar-refractivity contribution in [1.82, 2.24) is 0 Å². The summed E-state index contributed by atoms with van der Waals surface area (Å²) in [4.78, 5) is 18.4. The van der Waals surface area contributed by atoms with E-state index in [1.54, 1.807) is 0 Å². The van der Waals surface area contributed by atoms with Crippen molar-refractivity contribution in [3.05, 3.63) is 168 Å². The Balaban J connectivity index is 0.000000125. The Labute approximate surface area is 253 Å². The first-order valence-corrected chi connectivity index (χ1v) is 14.7. The van der Waals surface area contributed by atoms with Crippen LogP contribution < -0.4 is 0 Å². The molecule has 0 unspecified atom stereocenters. The molecule has 8 bridgehead atoms. The topological polar surface area (TPSA) is 49.4 Å². The number of hydrogen-bond acceptors (Lipinski definition) is 4. The molecule has 0 amide bonds. The predicted molar refractivity (Wildman–Crippen MR) is 186 cm³/mol. The molecule has 0 aliphatic carbocycles. The summed E-state index contributed by atoms with van der Waals surface area (Å²) in [6.45, 7) is 0. The van der Waals surface area contributed by atoms with Crippen molar-refractivity contribution in [2.75, 3.05) is 0 Å². The minimum atomic E-state index is 0.894. The number of hydrogen-bond donors (Lipinski definition) is 0. The molecule has 5 aromatic rings. The van der Waals surface area contributed by atoms with Crippen molar-refractivity contribution >= 4 is 65.9 Å². The molecule has 0 fully saturated rings. The Kier molecular flexibility index (Phi) is 5.47. The summed E-state index contributed by atoms with van der Waals surface area (Å²) in [7, 11) is 0. The lowest BCUT2D eigenvalue weighted by Crippen LogP contribution is -1.89. The second-order valence-corrected chi connectivity index (χ2v) is 11.2. The lowest BCUT2D eigenvalue weighted by Gasteiger charge is -2.13. The Bertz CT molecular complexity index is 2110. The zero-order valence-corrected chi connectivity index (χ0v) is 23.6. The molecule has 0 atom stereocenters. The molecule has 10 rings (SSSR count). The van der Waals surface area contributed by atoms with E-state index in [1.165, 1.54) is 43.1 Å². The summed E-state index contributed by atoms with van der Waals surface area (Å²) in [6, 6.07) is 26.4. The Morgan fingerprint density at radius 3 is 0.841 bits per heavy atom. The number of rotatable bonds is 0. The van der Waals surface area contributed by atoms with Crippen LogP contribution >= 0.6 is 0 Å². The molecule has 5 aliphatic heterocycles. The fraction of sp³-hybridized carbons (Fsp3) is 0. The van der Waals surface area contributed by atoms with Crippen LogP contribution in [0.1, 0.15) is 0 Å². The molecule has 0 aromatic heterocycles. The zero-order valence-electron chi connectivity index (χ0n) is 23.6. The van der Waals surface area contributed by atoms with Gasteiger partial charge in [-0.05, 0) is 116 Å². The zero-order chi connectivity index (χ0) is 29.0. The third kappa shape index (κ3) is 4.24. The van der Waals surface area contributed by atoms with E-state index in [4.69, 9.17) is 0 Å². The molecule has 0 saturated carbocycles. The highest BCUT2D eigenvalue weighted by molar-refractivity contribution is 6.32. The average molecular weight is 561 g/mol. The van der Waals surface area contributed by atoms with Crippen molar-refractivity contribution in [2.45, 2.75) is 0 Å². The normalized spacial score (nSPS) is 17.8. The van der Waals surface area contributed by atoms with Gasteiger partial charge in [0.2, 0.25) is 0 Å². The molecule has 4 heteroatoms. The molecule has 0 saturated heterocycles. The number of nitrogens with zero attached hydrogens (tertiary/aromatic N) is 4. The molecule has 0 N–H and O–H groups in total. The molecule has 5 aliphatic rings. The van der Waals surface area contributed by atoms with Crippen LogP contribution in [-0.2, 0) is 0 Å². The number of allylic oxidation sites excluding steroid dienone is 12. The average Bonchev–Trinajstić information content (AvgIpc) is 3.87. The molecule has 0 spiro atoms. The third-order valence-electron chi connectivity index (χ3n) is 8.31. The number of benzene rings is 5. The van der Waals surface area contributed by atoms with Gasteiger partial charge in [-0.3, -0.25) is 0 Å². The first kappa shape index (κ1) is 24.6. The quantitative estimate of drug-likeness (QED) is 0.134.